The number of hydrogen-bond donors (Lipinski definition) is 1. The molecular weight excluding hydrogens is 350 g/mol. The minimum absolute atomic E-state index is 0.0635. The molecule has 0 aliphatic heterocycles. The number of carbonyl (C=O) groups excluding carboxylic acids is 3. The van der Waals surface area contributed by atoms with Crippen molar-refractivity contribution in [3.05, 3.63) is 17.7 Å². The van der Waals surface area contributed by atoms with Crippen LogP contribution in [0.2, 0.25) is 0 Å². The largest absolute Gasteiger partial charge is 0.493 e. The minimum atomic E-state index is -0.905. The van der Waals surface area contributed by atoms with E-state index >= 15 is 0 Å². The number of benzene rings is 1. The maximum Gasteiger partial charge on any atom is 0.323 e. The lowest BCUT2D eigenvalue weighted by molar-refractivity contribution is -0.144. The first-order valence-electron chi connectivity index (χ1n) is 7.37. The molecule has 9 heteroatoms. The van der Waals surface area contributed by atoms with Gasteiger partial charge >= 0.3 is 11.9 Å². The summed E-state index contributed by atoms with van der Waals surface area (Å²) in [6, 6.07) is 1.94. The number of ether oxygens (including phenoxy) is 4. The fraction of sp³-hybridized carbons (Fsp3) is 0.438. The molecular formula is C16H21NO7S. The number of hydrogen-bond acceptors (Lipinski definition) is 9. The van der Waals surface area contributed by atoms with E-state index < -0.39 is 18.0 Å². The Hall–Kier alpha value is -2.26. The highest BCUT2D eigenvalue weighted by Gasteiger charge is 2.21. The molecule has 1 rings (SSSR count). The van der Waals surface area contributed by atoms with E-state index in [0.717, 1.165) is 11.8 Å². The third kappa shape index (κ3) is 5.95. The van der Waals surface area contributed by atoms with Gasteiger partial charge in [0, 0.05) is 18.2 Å². The van der Waals surface area contributed by atoms with Gasteiger partial charge in [0.15, 0.2) is 11.5 Å². The van der Waals surface area contributed by atoms with Crippen molar-refractivity contribution < 1.29 is 33.3 Å². The van der Waals surface area contributed by atoms with Crippen LogP contribution in [-0.4, -0.2) is 49.7 Å². The van der Waals surface area contributed by atoms with Crippen LogP contribution in [0.25, 0.3) is 0 Å². The molecule has 25 heavy (non-hydrogen) atoms. The van der Waals surface area contributed by atoms with Crippen LogP contribution in [0.4, 0.5) is 0 Å². The van der Waals surface area contributed by atoms with Gasteiger partial charge < -0.3 is 24.7 Å². The monoisotopic (exact) mass is 371 g/mol. The summed E-state index contributed by atoms with van der Waals surface area (Å²) in [6.07, 6.45) is 0. The van der Waals surface area contributed by atoms with Crippen molar-refractivity contribution in [2.24, 2.45) is 5.73 Å². The molecule has 0 bridgehead atoms. The van der Waals surface area contributed by atoms with E-state index in [1.165, 1.54) is 33.3 Å². The van der Waals surface area contributed by atoms with Crippen molar-refractivity contribution in [3.8, 4) is 17.2 Å². The summed E-state index contributed by atoms with van der Waals surface area (Å²) in [4.78, 5) is 35.0. The molecule has 0 aliphatic carbocycles. The van der Waals surface area contributed by atoms with Gasteiger partial charge in [0.2, 0.25) is 10.9 Å². The van der Waals surface area contributed by atoms with E-state index in [9.17, 15) is 14.4 Å². The highest BCUT2D eigenvalue weighted by atomic mass is 32.2. The Labute approximate surface area is 149 Å². The van der Waals surface area contributed by atoms with E-state index in [4.69, 9.17) is 24.7 Å². The molecule has 0 amide bonds. The fourth-order valence-corrected chi connectivity index (χ4v) is 2.56. The van der Waals surface area contributed by atoms with Crippen molar-refractivity contribution in [2.45, 2.75) is 19.9 Å². The van der Waals surface area contributed by atoms with Gasteiger partial charge in [-0.1, -0.05) is 11.8 Å². The second-order valence-corrected chi connectivity index (χ2v) is 5.75. The van der Waals surface area contributed by atoms with E-state index in [2.05, 4.69) is 0 Å². The number of carbonyl (C=O) groups is 3. The number of esters is 2. The molecule has 138 valence electrons. The zero-order valence-corrected chi connectivity index (χ0v) is 15.3. The van der Waals surface area contributed by atoms with Gasteiger partial charge in [0.05, 0.1) is 20.8 Å². The second kappa shape index (κ2) is 9.90. The predicted octanol–water partition coefficient (Wildman–Crippen LogP) is 1.39. The standard InChI is InChI=1S/C16H21NO7S/c1-5-23-15(19)11(17)8-25-16(20)10-6-12(21-3)14(24-9(2)18)13(7-10)22-4/h6-7,11H,5,8,17H2,1-4H3. The van der Waals surface area contributed by atoms with Gasteiger partial charge in [-0.15, -0.1) is 0 Å². The summed E-state index contributed by atoms with van der Waals surface area (Å²) in [5.41, 5.74) is 5.92. The average molecular weight is 371 g/mol. The van der Waals surface area contributed by atoms with Crippen LogP contribution < -0.4 is 19.9 Å². The maximum absolute atomic E-state index is 12.3. The first-order chi connectivity index (χ1) is 11.8. The summed E-state index contributed by atoms with van der Waals surface area (Å²) in [5.74, 6) is -0.620. The van der Waals surface area contributed by atoms with Crippen LogP contribution in [0.3, 0.4) is 0 Å². The van der Waals surface area contributed by atoms with Crippen LogP contribution in [0.15, 0.2) is 12.1 Å². The van der Waals surface area contributed by atoms with Crippen molar-refractivity contribution in [1.29, 1.82) is 0 Å². The quantitative estimate of drug-likeness (QED) is 0.535. The van der Waals surface area contributed by atoms with Crippen LogP contribution in [0, 0.1) is 0 Å². The Balaban J connectivity index is 2.95. The summed E-state index contributed by atoms with van der Waals surface area (Å²) in [6.45, 7) is 3.13. The average Bonchev–Trinajstić information content (AvgIpc) is 2.58. The van der Waals surface area contributed by atoms with E-state index in [1.807, 2.05) is 0 Å². The molecule has 1 unspecified atom stereocenters. The molecule has 0 fully saturated rings. The third-order valence-electron chi connectivity index (χ3n) is 2.93. The van der Waals surface area contributed by atoms with Gasteiger partial charge in [-0.3, -0.25) is 14.4 Å². The lowest BCUT2D eigenvalue weighted by Gasteiger charge is -2.14. The molecule has 0 heterocycles. The van der Waals surface area contributed by atoms with E-state index in [-0.39, 0.29) is 40.3 Å². The molecule has 0 spiro atoms. The maximum atomic E-state index is 12.3. The number of rotatable bonds is 8. The molecule has 0 aliphatic rings. The van der Waals surface area contributed by atoms with Gasteiger partial charge in [0.1, 0.15) is 6.04 Å². The van der Waals surface area contributed by atoms with Crippen LogP contribution in [0.1, 0.15) is 24.2 Å². The predicted molar refractivity (Wildman–Crippen MR) is 92.3 cm³/mol. The minimum Gasteiger partial charge on any atom is -0.493 e. The van der Waals surface area contributed by atoms with Gasteiger partial charge in [-0.05, 0) is 19.1 Å². The zero-order chi connectivity index (χ0) is 19.0. The normalized spacial score (nSPS) is 11.4. The Morgan fingerprint density at radius 1 is 1.16 bits per heavy atom. The van der Waals surface area contributed by atoms with Crippen molar-refractivity contribution >= 4 is 28.8 Å². The van der Waals surface area contributed by atoms with Crippen molar-refractivity contribution in [2.75, 3.05) is 26.6 Å². The second-order valence-electron chi connectivity index (χ2n) is 4.76. The van der Waals surface area contributed by atoms with Gasteiger partial charge in [-0.25, -0.2) is 0 Å². The molecule has 0 saturated carbocycles. The highest BCUT2D eigenvalue weighted by molar-refractivity contribution is 8.14. The smallest absolute Gasteiger partial charge is 0.323 e. The first kappa shape index (κ1) is 20.8. The molecule has 0 saturated heterocycles. The summed E-state index contributed by atoms with van der Waals surface area (Å²) < 4.78 is 20.2. The highest BCUT2D eigenvalue weighted by Crippen LogP contribution is 2.39. The summed E-state index contributed by atoms with van der Waals surface area (Å²) in [5, 5.41) is -0.342. The lowest BCUT2D eigenvalue weighted by atomic mass is 10.2. The van der Waals surface area contributed by atoms with Crippen molar-refractivity contribution in [3.63, 3.8) is 0 Å². The molecule has 2 N–H and O–H groups in total. The van der Waals surface area contributed by atoms with Gasteiger partial charge in [-0.2, -0.15) is 0 Å². The molecule has 0 aromatic heterocycles. The van der Waals surface area contributed by atoms with Gasteiger partial charge in [0.25, 0.3) is 0 Å². The topological polar surface area (TPSA) is 114 Å². The summed E-state index contributed by atoms with van der Waals surface area (Å²) >= 11 is 0.866. The van der Waals surface area contributed by atoms with Crippen LogP contribution in [0.5, 0.6) is 17.2 Å². The number of thioether (sulfide) groups is 1. The van der Waals surface area contributed by atoms with E-state index in [1.54, 1.807) is 6.92 Å². The molecule has 1 aromatic carbocycles. The molecule has 0 radical (unpaired) electrons. The fourth-order valence-electron chi connectivity index (χ4n) is 1.81. The Bertz CT molecular complexity index is 622. The zero-order valence-electron chi connectivity index (χ0n) is 14.5. The lowest BCUT2D eigenvalue weighted by Crippen LogP contribution is -2.35. The Morgan fingerprint density at radius 2 is 1.72 bits per heavy atom. The Morgan fingerprint density at radius 3 is 2.16 bits per heavy atom. The molecule has 1 aromatic rings. The number of nitrogens with two attached hydrogens (primary N) is 1. The van der Waals surface area contributed by atoms with Crippen LogP contribution >= 0.6 is 11.8 Å². The van der Waals surface area contributed by atoms with E-state index in [0.29, 0.717) is 0 Å². The third-order valence-corrected chi connectivity index (χ3v) is 3.95. The Kier molecular flexibility index (Phi) is 8.23. The SMILES string of the molecule is CCOC(=O)C(N)CSC(=O)c1cc(OC)c(OC(C)=O)c(OC)c1. The first-order valence-corrected chi connectivity index (χ1v) is 8.36. The van der Waals surface area contributed by atoms with Crippen molar-refractivity contribution in [1.82, 2.24) is 0 Å². The summed E-state index contributed by atoms with van der Waals surface area (Å²) in [7, 11) is 2.75. The number of methoxy groups -OCH3 is 2. The molecule has 8 nitrogen and oxygen atoms in total. The van der Waals surface area contributed by atoms with Crippen LogP contribution in [-0.2, 0) is 14.3 Å². The molecule has 1 atom stereocenters.